The lowest BCUT2D eigenvalue weighted by molar-refractivity contribution is -0.129. The first-order valence-corrected chi connectivity index (χ1v) is 14.8. The number of cyclic esters (lactones) is 1. The van der Waals surface area contributed by atoms with Gasteiger partial charge in [0.15, 0.2) is 5.70 Å². The summed E-state index contributed by atoms with van der Waals surface area (Å²) in [6.45, 7) is 3.98. The van der Waals surface area contributed by atoms with Gasteiger partial charge in [0.2, 0.25) is 5.90 Å². The number of carbonyl (C=O) groups is 2. The Morgan fingerprint density at radius 1 is 0.949 bits per heavy atom. The number of thiophene rings is 2. The first kappa shape index (κ1) is 26.2. The molecular formula is C29H16BrCl2NO4S2. The standard InChI is InChI=1S/C29H16BrCl2NO4S2/c1-13-3-6-17-21(9-13)38-25(23(17)31)27-33-19(28(34)37-27)12-15-11-16(30)5-8-20(15)36-29(35)26-24(32)18-7-4-14(2)10-22(18)39-26/h3-12H,1-2H3/b19-12+. The summed E-state index contributed by atoms with van der Waals surface area (Å²) < 4.78 is 13.8. The highest BCUT2D eigenvalue weighted by Crippen LogP contribution is 2.39. The van der Waals surface area contributed by atoms with Crippen LogP contribution < -0.4 is 4.74 Å². The van der Waals surface area contributed by atoms with Crippen LogP contribution in [0.15, 0.2) is 69.8 Å². The highest BCUT2D eigenvalue weighted by atomic mass is 79.9. The minimum Gasteiger partial charge on any atom is -0.422 e. The molecule has 10 heteroatoms. The predicted octanol–water partition coefficient (Wildman–Crippen LogP) is 9.37. The number of nitrogens with zero attached hydrogens (tertiary/aromatic N) is 1. The molecule has 3 heterocycles. The molecule has 2 aromatic heterocycles. The quantitative estimate of drug-likeness (QED) is 0.110. The largest absolute Gasteiger partial charge is 0.422 e. The summed E-state index contributed by atoms with van der Waals surface area (Å²) in [5.41, 5.74) is 2.68. The molecule has 0 saturated heterocycles. The van der Waals surface area contributed by atoms with Crippen LogP contribution in [0.2, 0.25) is 10.0 Å². The summed E-state index contributed by atoms with van der Waals surface area (Å²) in [6.07, 6.45) is 1.52. The molecule has 6 rings (SSSR count). The van der Waals surface area contributed by atoms with Crippen LogP contribution in [0.4, 0.5) is 0 Å². The Morgan fingerprint density at radius 2 is 1.62 bits per heavy atom. The van der Waals surface area contributed by atoms with Crippen LogP contribution in [0.5, 0.6) is 5.75 Å². The Kier molecular flexibility index (Phi) is 6.85. The third-order valence-corrected chi connectivity index (χ3v) is 9.81. The van der Waals surface area contributed by atoms with Crippen molar-refractivity contribution in [2.75, 3.05) is 0 Å². The van der Waals surface area contributed by atoms with Crippen LogP contribution in [0.25, 0.3) is 26.2 Å². The minimum absolute atomic E-state index is 0.0560. The monoisotopic (exact) mass is 655 g/mol. The van der Waals surface area contributed by atoms with Gasteiger partial charge < -0.3 is 9.47 Å². The van der Waals surface area contributed by atoms with E-state index in [9.17, 15) is 9.59 Å². The summed E-state index contributed by atoms with van der Waals surface area (Å²) >= 11 is 19.2. The van der Waals surface area contributed by atoms with Gasteiger partial charge in [-0.05, 0) is 61.4 Å². The molecule has 0 amide bonds. The Hall–Kier alpha value is -3.01. The normalized spacial score (nSPS) is 14.3. The number of benzene rings is 3. The predicted molar refractivity (Wildman–Crippen MR) is 163 cm³/mol. The molecule has 194 valence electrons. The van der Waals surface area contributed by atoms with Gasteiger partial charge in [-0.15, -0.1) is 22.7 Å². The summed E-state index contributed by atoms with van der Waals surface area (Å²) in [4.78, 5) is 31.2. The first-order valence-electron chi connectivity index (χ1n) is 11.6. The smallest absolute Gasteiger partial charge is 0.363 e. The maximum Gasteiger partial charge on any atom is 0.363 e. The lowest BCUT2D eigenvalue weighted by Crippen LogP contribution is -2.08. The Labute approximate surface area is 249 Å². The van der Waals surface area contributed by atoms with Crippen molar-refractivity contribution < 1.29 is 19.1 Å². The lowest BCUT2D eigenvalue weighted by atomic mass is 10.1. The summed E-state index contributed by atoms with van der Waals surface area (Å²) in [5, 5.41) is 2.49. The zero-order valence-corrected chi connectivity index (χ0v) is 25.0. The van der Waals surface area contributed by atoms with Gasteiger partial charge in [-0.25, -0.2) is 14.6 Å². The second-order valence-electron chi connectivity index (χ2n) is 8.90. The average molecular weight is 657 g/mol. The van der Waals surface area contributed by atoms with Crippen LogP contribution in [0, 0.1) is 13.8 Å². The first-order chi connectivity index (χ1) is 18.7. The zero-order valence-electron chi connectivity index (χ0n) is 20.3. The van der Waals surface area contributed by atoms with Crippen molar-refractivity contribution >= 4 is 106 Å². The van der Waals surface area contributed by atoms with Crippen molar-refractivity contribution in [2.24, 2.45) is 4.99 Å². The average Bonchev–Trinajstić information content (AvgIpc) is 3.53. The van der Waals surface area contributed by atoms with Crippen LogP contribution in [0.1, 0.15) is 31.2 Å². The molecule has 5 nitrogen and oxygen atoms in total. The zero-order chi connectivity index (χ0) is 27.4. The van der Waals surface area contributed by atoms with E-state index in [1.807, 2.05) is 50.2 Å². The van der Waals surface area contributed by atoms with Crippen molar-refractivity contribution in [1.82, 2.24) is 0 Å². The molecule has 0 bridgehead atoms. The lowest BCUT2D eigenvalue weighted by Gasteiger charge is -2.08. The number of hydrogen-bond acceptors (Lipinski definition) is 7. The van der Waals surface area contributed by atoms with Gasteiger partial charge >= 0.3 is 11.9 Å². The van der Waals surface area contributed by atoms with E-state index in [-0.39, 0.29) is 17.3 Å². The van der Waals surface area contributed by atoms with Crippen molar-refractivity contribution in [3.8, 4) is 5.75 Å². The van der Waals surface area contributed by atoms with Crippen molar-refractivity contribution in [3.05, 3.63) is 101 Å². The van der Waals surface area contributed by atoms with E-state index in [1.165, 1.54) is 28.7 Å². The number of carbonyl (C=O) groups excluding carboxylic acids is 2. The van der Waals surface area contributed by atoms with Crippen molar-refractivity contribution in [1.29, 1.82) is 0 Å². The minimum atomic E-state index is -0.630. The number of rotatable bonds is 4. The molecule has 39 heavy (non-hydrogen) atoms. The molecule has 5 aromatic rings. The second-order valence-corrected chi connectivity index (χ2v) is 12.7. The number of halogens is 3. The van der Waals surface area contributed by atoms with Crippen LogP contribution in [0.3, 0.4) is 0 Å². The van der Waals surface area contributed by atoms with E-state index in [1.54, 1.807) is 18.2 Å². The van der Waals surface area contributed by atoms with E-state index in [0.717, 1.165) is 35.8 Å². The van der Waals surface area contributed by atoms with Gasteiger partial charge in [-0.3, -0.25) is 0 Å². The van der Waals surface area contributed by atoms with E-state index < -0.39 is 11.9 Å². The highest BCUT2D eigenvalue weighted by molar-refractivity contribution is 9.10. The van der Waals surface area contributed by atoms with E-state index >= 15 is 0 Å². The topological polar surface area (TPSA) is 65.0 Å². The molecule has 0 unspecified atom stereocenters. The summed E-state index contributed by atoms with van der Waals surface area (Å²) in [7, 11) is 0. The molecule has 1 aliphatic heterocycles. The van der Waals surface area contributed by atoms with Crippen molar-refractivity contribution in [2.45, 2.75) is 13.8 Å². The fraction of sp³-hybridized carbons (Fsp3) is 0.0690. The van der Waals surface area contributed by atoms with Crippen molar-refractivity contribution in [3.63, 3.8) is 0 Å². The van der Waals surface area contributed by atoms with Gasteiger partial charge in [-0.1, -0.05) is 63.4 Å². The molecular weight excluding hydrogens is 641 g/mol. The number of fused-ring (bicyclic) bond motifs is 2. The molecule has 0 fully saturated rings. The number of hydrogen-bond donors (Lipinski definition) is 0. The van der Waals surface area contributed by atoms with E-state index in [2.05, 4.69) is 20.9 Å². The molecule has 0 N–H and O–H groups in total. The van der Waals surface area contributed by atoms with Gasteiger partial charge in [-0.2, -0.15) is 0 Å². The third kappa shape index (κ3) is 4.92. The van der Waals surface area contributed by atoms with Gasteiger partial charge in [0.25, 0.3) is 0 Å². The van der Waals surface area contributed by atoms with E-state index in [4.69, 9.17) is 32.7 Å². The van der Waals surface area contributed by atoms with Crippen LogP contribution in [-0.4, -0.2) is 17.8 Å². The highest BCUT2D eigenvalue weighted by Gasteiger charge is 2.29. The Bertz CT molecular complexity index is 1920. The molecule has 0 spiro atoms. The Morgan fingerprint density at radius 3 is 2.33 bits per heavy atom. The van der Waals surface area contributed by atoms with Crippen LogP contribution >= 0.6 is 61.8 Å². The Balaban J connectivity index is 1.35. The van der Waals surface area contributed by atoms with Gasteiger partial charge in [0.05, 0.1) is 10.0 Å². The molecule has 0 radical (unpaired) electrons. The van der Waals surface area contributed by atoms with Gasteiger partial charge in [0, 0.05) is 30.2 Å². The SMILES string of the molecule is Cc1ccc2c(Cl)c(C(=O)Oc3ccc(Br)cc3/C=C3/N=C(c4sc5cc(C)ccc5c4Cl)OC3=O)sc2c1. The number of esters is 2. The fourth-order valence-electron chi connectivity index (χ4n) is 4.14. The number of aryl methyl sites for hydroxylation is 2. The molecule has 1 aliphatic rings. The van der Waals surface area contributed by atoms with E-state index in [0.29, 0.717) is 25.4 Å². The summed E-state index contributed by atoms with van der Waals surface area (Å²) in [6, 6.07) is 16.8. The summed E-state index contributed by atoms with van der Waals surface area (Å²) in [5.74, 6) is -0.843. The second kappa shape index (κ2) is 10.2. The maximum atomic E-state index is 13.2. The maximum absolute atomic E-state index is 13.2. The molecule has 3 aromatic carbocycles. The van der Waals surface area contributed by atoms with Crippen LogP contribution in [-0.2, 0) is 9.53 Å². The fourth-order valence-corrected chi connectivity index (χ4v) is 7.54. The molecule has 0 saturated carbocycles. The molecule has 0 aliphatic carbocycles. The number of ether oxygens (including phenoxy) is 2. The number of aliphatic imine (C=N–C) groups is 1. The van der Waals surface area contributed by atoms with Gasteiger partial charge in [0.1, 0.15) is 15.5 Å². The molecule has 0 atom stereocenters. The third-order valence-electron chi connectivity index (χ3n) is 6.04.